The minimum atomic E-state index is -4.64. The summed E-state index contributed by atoms with van der Waals surface area (Å²) in [7, 11) is -4.64. The normalized spacial score (nSPS) is 8.43. The molecule has 0 fully saturated rings. The molecule has 7 heavy (non-hydrogen) atoms. The predicted octanol–water partition coefficient (Wildman–Crippen LogP) is -0.767. The Labute approximate surface area is 74.3 Å². The van der Waals surface area contributed by atoms with E-state index >= 15 is 0 Å². The van der Waals surface area contributed by atoms with Crippen LogP contribution in [-0.4, -0.2) is 14.7 Å². The van der Waals surface area contributed by atoms with Gasteiger partial charge in [-0.2, -0.15) is 0 Å². The number of hydrogen-bond acceptors (Lipinski definition) is 2. The molecular formula is H6CeNO4P. The number of rotatable bonds is 0. The molecule has 0 heterocycles. The van der Waals surface area contributed by atoms with Crippen LogP contribution in [0.15, 0.2) is 0 Å². The van der Waals surface area contributed by atoms with Crippen molar-refractivity contribution in [1.29, 1.82) is 0 Å². The van der Waals surface area contributed by atoms with Gasteiger partial charge in [-0.05, 0) is 0 Å². The zero-order valence-corrected chi connectivity index (χ0v) is 7.44. The third kappa shape index (κ3) is 106. The molecule has 0 aliphatic heterocycles. The molecular weight excluding hydrogens is 249 g/mol. The summed E-state index contributed by atoms with van der Waals surface area (Å²) in [4.78, 5) is 21.6. The Kier molecular flexibility index (Phi) is 12.6. The molecule has 5 nitrogen and oxygen atoms in total. The molecule has 0 atom stereocenters. The van der Waals surface area contributed by atoms with Gasteiger partial charge in [0.15, 0.2) is 0 Å². The summed E-state index contributed by atoms with van der Waals surface area (Å²) in [6.07, 6.45) is 0. The van der Waals surface area contributed by atoms with Crippen LogP contribution in [0.3, 0.4) is 0 Å². The van der Waals surface area contributed by atoms with Gasteiger partial charge in [-0.15, -0.1) is 0 Å². The average molecular weight is 255 g/mol. The van der Waals surface area contributed by atoms with Crippen LogP contribution in [0.5, 0.6) is 0 Å². The van der Waals surface area contributed by atoms with Crippen LogP contribution in [0.4, 0.5) is 0 Å². The minimum absolute atomic E-state index is 0. The zero-order valence-electron chi connectivity index (χ0n) is 3.40. The first-order valence-electron chi connectivity index (χ1n) is 0.783. The molecule has 0 bridgehead atoms. The van der Waals surface area contributed by atoms with Crippen molar-refractivity contribution in [1.82, 2.24) is 6.15 Å². The van der Waals surface area contributed by atoms with E-state index in [-0.39, 0.29) is 47.9 Å². The molecule has 0 amide bonds. The van der Waals surface area contributed by atoms with Crippen LogP contribution in [0.2, 0.25) is 0 Å². The molecule has 0 aromatic heterocycles. The topological polar surface area (TPSA) is 113 Å². The maximum absolute atomic E-state index is 8.88. The first-order valence-corrected chi connectivity index (χ1v) is 2.35. The summed E-state index contributed by atoms with van der Waals surface area (Å²) in [5, 5.41) is 0. The first kappa shape index (κ1) is 15.8. The number of hydrogen-bond donors (Lipinski definition) is 4. The molecule has 0 spiro atoms. The fourth-order valence-electron chi connectivity index (χ4n) is 0. The Bertz CT molecular complexity index is 57.8. The molecule has 0 saturated carbocycles. The SMILES string of the molecule is N.O=P(O)(O)O.[Ce]. The molecule has 0 saturated heterocycles. The van der Waals surface area contributed by atoms with Crippen molar-refractivity contribution in [2.75, 3.05) is 0 Å². The molecule has 6 N–H and O–H groups in total. The van der Waals surface area contributed by atoms with Gasteiger partial charge in [0.05, 0.1) is 0 Å². The molecule has 0 unspecified atom stereocenters. The van der Waals surface area contributed by atoms with Crippen LogP contribution in [0, 0.1) is 41.7 Å². The molecule has 0 aromatic rings. The zero-order chi connectivity index (χ0) is 4.50. The molecule has 0 aromatic carbocycles. The molecule has 0 aliphatic carbocycles. The summed E-state index contributed by atoms with van der Waals surface area (Å²) < 4.78 is 8.88. The Morgan fingerprint density at radius 2 is 1.14 bits per heavy atom. The largest absolute Gasteiger partial charge is 0.466 e. The van der Waals surface area contributed by atoms with Crippen molar-refractivity contribution >= 4 is 7.82 Å². The molecule has 0 rings (SSSR count). The van der Waals surface area contributed by atoms with Crippen molar-refractivity contribution < 1.29 is 61.0 Å². The maximum Gasteiger partial charge on any atom is 0.466 e. The average Bonchev–Trinajstić information content (AvgIpc) is 0.722. The van der Waals surface area contributed by atoms with E-state index < -0.39 is 7.82 Å². The van der Waals surface area contributed by atoms with E-state index in [9.17, 15) is 0 Å². The van der Waals surface area contributed by atoms with Crippen LogP contribution in [0.25, 0.3) is 0 Å². The van der Waals surface area contributed by atoms with Gasteiger partial charge in [-0.3, -0.25) is 0 Å². The van der Waals surface area contributed by atoms with E-state index in [2.05, 4.69) is 0 Å². The van der Waals surface area contributed by atoms with Gasteiger partial charge in [0.2, 0.25) is 0 Å². The van der Waals surface area contributed by atoms with Crippen molar-refractivity contribution in [3.05, 3.63) is 0 Å². The molecule has 7 heteroatoms. The van der Waals surface area contributed by atoms with Crippen molar-refractivity contribution in [2.24, 2.45) is 0 Å². The second-order valence-corrected chi connectivity index (χ2v) is 1.54. The summed E-state index contributed by atoms with van der Waals surface area (Å²) in [5.41, 5.74) is 0. The van der Waals surface area contributed by atoms with Gasteiger partial charge in [0, 0.05) is 41.7 Å². The standard InChI is InChI=1S/Ce.H3N.H3O4P/c;;1-5(2,3)4/h;1H3;(H3,1,2,3,4). The minimum Gasteiger partial charge on any atom is -0.344 e. The molecule has 0 aliphatic rings. The van der Waals surface area contributed by atoms with E-state index in [0.717, 1.165) is 0 Å². The predicted molar refractivity (Wildman–Crippen MR) is 19.3 cm³/mol. The van der Waals surface area contributed by atoms with Crippen LogP contribution >= 0.6 is 7.82 Å². The smallest absolute Gasteiger partial charge is 0.344 e. The number of phosphoric acid groups is 1. The first-order chi connectivity index (χ1) is 2.00. The van der Waals surface area contributed by atoms with Gasteiger partial charge < -0.3 is 20.8 Å². The van der Waals surface area contributed by atoms with Gasteiger partial charge >= 0.3 is 7.82 Å². The van der Waals surface area contributed by atoms with E-state index in [1.54, 1.807) is 0 Å². The van der Waals surface area contributed by atoms with Crippen molar-refractivity contribution in [3.8, 4) is 0 Å². The summed E-state index contributed by atoms with van der Waals surface area (Å²) in [6.45, 7) is 0. The molecule has 44 valence electrons. The van der Waals surface area contributed by atoms with Crippen molar-refractivity contribution in [2.45, 2.75) is 0 Å². The summed E-state index contributed by atoms with van der Waals surface area (Å²) >= 11 is 0. The third-order valence-corrected chi connectivity index (χ3v) is 0. The Morgan fingerprint density at radius 1 is 1.14 bits per heavy atom. The third-order valence-electron chi connectivity index (χ3n) is 0. The second-order valence-electron chi connectivity index (χ2n) is 0.513. The van der Waals surface area contributed by atoms with Crippen LogP contribution < -0.4 is 6.15 Å². The summed E-state index contributed by atoms with van der Waals surface area (Å²) in [6, 6.07) is 0. The van der Waals surface area contributed by atoms with Gasteiger partial charge in [-0.25, -0.2) is 4.57 Å². The fraction of sp³-hybridized carbons (Fsp3) is 0. The molecule has 0 radical (unpaired) electrons. The summed E-state index contributed by atoms with van der Waals surface area (Å²) in [5.74, 6) is 0. The van der Waals surface area contributed by atoms with E-state index in [1.165, 1.54) is 0 Å². The van der Waals surface area contributed by atoms with Gasteiger partial charge in [0.25, 0.3) is 0 Å². The Balaban J connectivity index is -0.0000000800. The van der Waals surface area contributed by atoms with Gasteiger partial charge in [0.1, 0.15) is 0 Å². The Morgan fingerprint density at radius 3 is 1.14 bits per heavy atom. The van der Waals surface area contributed by atoms with Crippen LogP contribution in [0.1, 0.15) is 0 Å². The van der Waals surface area contributed by atoms with Crippen LogP contribution in [-0.2, 0) is 4.57 Å². The van der Waals surface area contributed by atoms with E-state index in [4.69, 9.17) is 19.2 Å². The van der Waals surface area contributed by atoms with Crippen molar-refractivity contribution in [3.63, 3.8) is 0 Å². The quantitative estimate of drug-likeness (QED) is 0.425. The monoisotopic (exact) mass is 255 g/mol. The Hall–Kier alpha value is 1.45. The fourth-order valence-corrected chi connectivity index (χ4v) is 0. The second kappa shape index (κ2) is 5.58. The maximum atomic E-state index is 8.88. The van der Waals surface area contributed by atoms with E-state index in [0.29, 0.717) is 0 Å². The van der Waals surface area contributed by atoms with E-state index in [1.807, 2.05) is 0 Å². The van der Waals surface area contributed by atoms with Gasteiger partial charge in [-0.1, -0.05) is 0 Å².